The van der Waals surface area contributed by atoms with Gasteiger partial charge in [-0.25, -0.2) is 13.4 Å². The van der Waals surface area contributed by atoms with Crippen LogP contribution in [-0.2, 0) is 20.8 Å². The van der Waals surface area contributed by atoms with Gasteiger partial charge >= 0.3 is 6.18 Å². The molecule has 1 aromatic rings. The number of hydrogen-bond acceptors (Lipinski definition) is 4. The van der Waals surface area contributed by atoms with Gasteiger partial charge in [-0.1, -0.05) is 0 Å². The van der Waals surface area contributed by atoms with E-state index in [0.29, 0.717) is 6.20 Å². The summed E-state index contributed by atoms with van der Waals surface area (Å²) in [5.41, 5.74) is -0.918. The zero-order valence-electron chi connectivity index (χ0n) is 10.1. The third-order valence-electron chi connectivity index (χ3n) is 2.95. The molecule has 0 spiro atoms. The highest BCUT2D eigenvalue weighted by Crippen LogP contribution is 2.29. The molecule has 5 nitrogen and oxygen atoms in total. The summed E-state index contributed by atoms with van der Waals surface area (Å²) in [5, 5.41) is 2.32. The van der Waals surface area contributed by atoms with Gasteiger partial charge in [-0.05, 0) is 18.6 Å². The molecule has 0 bridgehead atoms. The van der Waals surface area contributed by atoms with Gasteiger partial charge in [-0.3, -0.25) is 4.79 Å². The fraction of sp³-hybridized carbons (Fsp3) is 0.455. The van der Waals surface area contributed by atoms with Crippen molar-refractivity contribution in [2.75, 3.05) is 16.8 Å². The van der Waals surface area contributed by atoms with E-state index in [4.69, 9.17) is 0 Å². The Hall–Kier alpha value is -1.64. The average Bonchev–Trinajstić information content (AvgIpc) is 2.69. The highest BCUT2D eigenvalue weighted by molar-refractivity contribution is 7.91. The van der Waals surface area contributed by atoms with Crippen molar-refractivity contribution in [2.45, 2.75) is 12.6 Å². The largest absolute Gasteiger partial charge is 0.417 e. The van der Waals surface area contributed by atoms with Gasteiger partial charge in [-0.15, -0.1) is 0 Å². The topological polar surface area (TPSA) is 76.1 Å². The van der Waals surface area contributed by atoms with E-state index in [1.54, 1.807) is 0 Å². The fourth-order valence-electron chi connectivity index (χ4n) is 1.87. The molecule has 1 aliphatic heterocycles. The molecule has 1 saturated heterocycles. The highest BCUT2D eigenvalue weighted by Gasteiger charge is 2.33. The minimum atomic E-state index is -4.49. The SMILES string of the molecule is O=C(Nc1ccc(C(F)(F)F)cn1)C1CCS(=O)(=O)C1. The minimum Gasteiger partial charge on any atom is -0.310 e. The molecule has 2 heterocycles. The molecule has 1 atom stereocenters. The minimum absolute atomic E-state index is 0.0349. The van der Waals surface area contributed by atoms with Crippen LogP contribution in [0.4, 0.5) is 19.0 Å². The molecule has 0 saturated carbocycles. The summed E-state index contributed by atoms with van der Waals surface area (Å²) >= 11 is 0. The normalized spacial score (nSPS) is 21.6. The van der Waals surface area contributed by atoms with Crippen molar-refractivity contribution in [3.05, 3.63) is 23.9 Å². The molecule has 110 valence electrons. The maximum Gasteiger partial charge on any atom is 0.417 e. The number of halogens is 3. The number of carbonyl (C=O) groups is 1. The van der Waals surface area contributed by atoms with Crippen LogP contribution in [-0.4, -0.2) is 30.8 Å². The molecule has 1 aromatic heterocycles. The lowest BCUT2D eigenvalue weighted by molar-refractivity contribution is -0.137. The predicted octanol–water partition coefficient (Wildman–Crippen LogP) is 1.47. The molecular weight excluding hydrogens is 297 g/mol. The smallest absolute Gasteiger partial charge is 0.310 e. The number of pyridine rings is 1. The van der Waals surface area contributed by atoms with Gasteiger partial charge in [0.2, 0.25) is 5.91 Å². The van der Waals surface area contributed by atoms with Crippen LogP contribution in [0.3, 0.4) is 0 Å². The summed E-state index contributed by atoms with van der Waals surface area (Å²) in [6.07, 6.45) is -3.66. The number of amides is 1. The number of nitrogens with one attached hydrogen (secondary N) is 1. The third-order valence-corrected chi connectivity index (χ3v) is 4.71. The summed E-state index contributed by atoms with van der Waals surface area (Å²) < 4.78 is 59.4. The first-order valence-corrected chi connectivity index (χ1v) is 7.54. The van der Waals surface area contributed by atoms with Gasteiger partial charge in [0.1, 0.15) is 5.82 Å². The Labute approximate surface area is 113 Å². The first-order chi connectivity index (χ1) is 9.17. The van der Waals surface area contributed by atoms with Crippen molar-refractivity contribution in [3.63, 3.8) is 0 Å². The van der Waals surface area contributed by atoms with E-state index in [1.165, 1.54) is 0 Å². The second kappa shape index (κ2) is 5.04. The standard InChI is InChI=1S/C11H11F3N2O3S/c12-11(13,14)8-1-2-9(15-5-8)16-10(17)7-3-4-20(18,19)6-7/h1-2,5,7H,3-4,6H2,(H,15,16,17). The van der Waals surface area contributed by atoms with Crippen molar-refractivity contribution >= 4 is 21.6 Å². The van der Waals surface area contributed by atoms with Crippen LogP contribution in [0.25, 0.3) is 0 Å². The van der Waals surface area contributed by atoms with Gasteiger partial charge < -0.3 is 5.32 Å². The number of carbonyl (C=O) groups excluding carboxylic acids is 1. The summed E-state index contributed by atoms with van der Waals surface area (Å²) in [4.78, 5) is 15.2. The van der Waals surface area contributed by atoms with Crippen molar-refractivity contribution in [1.29, 1.82) is 0 Å². The Morgan fingerprint density at radius 3 is 2.50 bits per heavy atom. The number of nitrogens with zero attached hydrogens (tertiary/aromatic N) is 1. The Kier molecular flexibility index (Phi) is 3.72. The van der Waals surface area contributed by atoms with Gasteiger partial charge in [0.15, 0.2) is 9.84 Å². The molecule has 1 unspecified atom stereocenters. The van der Waals surface area contributed by atoms with Crippen molar-refractivity contribution in [2.24, 2.45) is 5.92 Å². The summed E-state index contributed by atoms with van der Waals surface area (Å²) in [6.45, 7) is 0. The molecule has 0 radical (unpaired) electrons. The summed E-state index contributed by atoms with van der Waals surface area (Å²) in [5.74, 6) is -1.54. The lowest BCUT2D eigenvalue weighted by Gasteiger charge is -2.10. The molecule has 2 rings (SSSR count). The molecule has 1 amide bonds. The van der Waals surface area contributed by atoms with Gasteiger partial charge in [0, 0.05) is 6.20 Å². The van der Waals surface area contributed by atoms with Crippen LogP contribution >= 0.6 is 0 Å². The molecule has 20 heavy (non-hydrogen) atoms. The lowest BCUT2D eigenvalue weighted by atomic mass is 10.1. The maximum absolute atomic E-state index is 12.3. The van der Waals surface area contributed by atoms with Crippen molar-refractivity contribution < 1.29 is 26.4 Å². The van der Waals surface area contributed by atoms with Crippen LogP contribution in [0.15, 0.2) is 18.3 Å². The Morgan fingerprint density at radius 2 is 2.05 bits per heavy atom. The van der Waals surface area contributed by atoms with E-state index in [1.807, 2.05) is 0 Å². The third kappa shape index (κ3) is 3.47. The highest BCUT2D eigenvalue weighted by atomic mass is 32.2. The van der Waals surface area contributed by atoms with E-state index in [2.05, 4.69) is 10.3 Å². The van der Waals surface area contributed by atoms with Crippen LogP contribution in [0, 0.1) is 5.92 Å². The van der Waals surface area contributed by atoms with E-state index >= 15 is 0 Å². The molecule has 9 heteroatoms. The lowest BCUT2D eigenvalue weighted by Crippen LogP contribution is -2.24. The van der Waals surface area contributed by atoms with Gasteiger partial charge in [0.05, 0.1) is 23.0 Å². The van der Waals surface area contributed by atoms with Crippen LogP contribution in [0.1, 0.15) is 12.0 Å². The van der Waals surface area contributed by atoms with Crippen LogP contribution in [0.5, 0.6) is 0 Å². The Bertz CT molecular complexity index is 611. The molecular formula is C11H11F3N2O3S. The van der Waals surface area contributed by atoms with E-state index < -0.39 is 33.4 Å². The quantitative estimate of drug-likeness (QED) is 0.897. The second-order valence-corrected chi connectivity index (χ2v) is 6.75. The number of sulfone groups is 1. The Morgan fingerprint density at radius 1 is 1.35 bits per heavy atom. The van der Waals surface area contributed by atoms with E-state index in [-0.39, 0.29) is 23.7 Å². The maximum atomic E-state index is 12.3. The van der Waals surface area contributed by atoms with Crippen LogP contribution < -0.4 is 5.32 Å². The number of hydrogen-bond donors (Lipinski definition) is 1. The van der Waals surface area contributed by atoms with Gasteiger partial charge in [-0.2, -0.15) is 13.2 Å². The average molecular weight is 308 g/mol. The van der Waals surface area contributed by atoms with Crippen molar-refractivity contribution in [1.82, 2.24) is 4.98 Å². The van der Waals surface area contributed by atoms with E-state index in [9.17, 15) is 26.4 Å². The number of rotatable bonds is 2. The summed E-state index contributed by atoms with van der Waals surface area (Å²) in [7, 11) is -3.19. The van der Waals surface area contributed by atoms with Crippen LogP contribution in [0.2, 0.25) is 0 Å². The monoisotopic (exact) mass is 308 g/mol. The molecule has 1 fully saturated rings. The van der Waals surface area contributed by atoms with E-state index in [0.717, 1.165) is 12.1 Å². The zero-order chi connectivity index (χ0) is 15.0. The fourth-order valence-corrected chi connectivity index (χ4v) is 3.61. The Balaban J connectivity index is 2.02. The first kappa shape index (κ1) is 14.8. The zero-order valence-corrected chi connectivity index (χ0v) is 11.0. The predicted molar refractivity (Wildman–Crippen MR) is 64.6 cm³/mol. The molecule has 1 N–H and O–H groups in total. The molecule has 0 aliphatic carbocycles. The second-order valence-electron chi connectivity index (χ2n) is 4.52. The van der Waals surface area contributed by atoms with Crippen molar-refractivity contribution in [3.8, 4) is 0 Å². The number of anilines is 1. The van der Waals surface area contributed by atoms with Gasteiger partial charge in [0.25, 0.3) is 0 Å². The molecule has 1 aliphatic rings. The molecule has 0 aromatic carbocycles. The first-order valence-electron chi connectivity index (χ1n) is 5.72. The number of aromatic nitrogens is 1. The summed E-state index contributed by atoms with van der Waals surface area (Å²) in [6, 6.07) is 1.83. The number of alkyl halides is 3.